The fourth-order valence-corrected chi connectivity index (χ4v) is 4.78. The van der Waals surface area contributed by atoms with Gasteiger partial charge in [-0.2, -0.15) is 13.2 Å². The van der Waals surface area contributed by atoms with Gasteiger partial charge in [-0.15, -0.1) is 0 Å². The minimum absolute atomic E-state index is 0.0950. The van der Waals surface area contributed by atoms with Crippen LogP contribution < -0.4 is 5.32 Å². The second kappa shape index (κ2) is 10.4. The number of carbonyl (C=O) groups excluding carboxylic acids is 1. The van der Waals surface area contributed by atoms with Gasteiger partial charge in [0, 0.05) is 44.3 Å². The molecule has 2 N–H and O–H groups in total. The maximum absolute atomic E-state index is 13.7. The molecule has 35 heavy (non-hydrogen) atoms. The first-order chi connectivity index (χ1) is 16.6. The molecule has 0 atom stereocenters. The van der Waals surface area contributed by atoms with Crippen molar-refractivity contribution in [1.82, 2.24) is 19.8 Å². The molecule has 2 aliphatic heterocycles. The summed E-state index contributed by atoms with van der Waals surface area (Å²) in [6.07, 6.45) is -0.379. The number of likely N-dealkylation sites (tertiary alicyclic amines) is 2. The molecule has 2 fully saturated rings. The Kier molecular flexibility index (Phi) is 7.56. The molecule has 3 heterocycles. The summed E-state index contributed by atoms with van der Waals surface area (Å²) in [5.41, 5.74) is -0.237. The van der Waals surface area contributed by atoms with E-state index >= 15 is 0 Å². The molecule has 0 bridgehead atoms. The third-order valence-corrected chi connectivity index (χ3v) is 6.80. The number of piperidine rings is 2. The van der Waals surface area contributed by atoms with Gasteiger partial charge in [-0.1, -0.05) is 0 Å². The van der Waals surface area contributed by atoms with Gasteiger partial charge >= 0.3 is 6.18 Å². The largest absolute Gasteiger partial charge is 0.416 e. The molecule has 7 nitrogen and oxygen atoms in total. The Labute approximate surface area is 201 Å². The Morgan fingerprint density at radius 1 is 1.09 bits per heavy atom. The Morgan fingerprint density at radius 2 is 1.77 bits per heavy atom. The minimum Gasteiger partial charge on any atom is -0.393 e. The molecule has 1 aromatic heterocycles. The first kappa shape index (κ1) is 25.3. The number of amides is 1. The molecule has 0 saturated carbocycles. The molecule has 1 amide bonds. The number of hydrogen-bond donors (Lipinski definition) is 2. The number of halogens is 4. The summed E-state index contributed by atoms with van der Waals surface area (Å²) in [7, 11) is 0. The number of hydrogen-bond acceptors (Lipinski definition) is 6. The van der Waals surface area contributed by atoms with Crippen molar-refractivity contribution >= 4 is 11.7 Å². The number of aliphatic hydroxyl groups is 1. The number of aliphatic hydroxyl groups excluding tert-OH is 1. The Balaban J connectivity index is 1.39. The molecule has 190 valence electrons. The molecule has 1 aromatic carbocycles. The number of anilines is 1. The predicted octanol–water partition coefficient (Wildman–Crippen LogP) is 3.62. The number of alkyl halides is 3. The van der Waals surface area contributed by atoms with Gasteiger partial charge in [0.1, 0.15) is 23.7 Å². The number of aromatic nitrogens is 2. The SMILES string of the molecule is Cc1c(NCc2cc(F)cc(C(F)(F)F)c2)ncnc1C(=O)N1CCC(N2CCC(O)CC2)CC1. The van der Waals surface area contributed by atoms with Crippen LogP contribution in [0.2, 0.25) is 0 Å². The van der Waals surface area contributed by atoms with Crippen molar-refractivity contribution in [1.29, 1.82) is 0 Å². The first-order valence-corrected chi connectivity index (χ1v) is 11.8. The number of carbonyl (C=O) groups is 1. The molecule has 0 spiro atoms. The number of nitrogens with zero attached hydrogens (tertiary/aromatic N) is 4. The predicted molar refractivity (Wildman–Crippen MR) is 121 cm³/mol. The summed E-state index contributed by atoms with van der Waals surface area (Å²) in [4.78, 5) is 25.6. The highest BCUT2D eigenvalue weighted by atomic mass is 19.4. The van der Waals surface area contributed by atoms with E-state index in [1.807, 2.05) is 0 Å². The van der Waals surface area contributed by atoms with Crippen LogP contribution in [0.25, 0.3) is 0 Å². The fourth-order valence-electron chi connectivity index (χ4n) is 4.78. The topological polar surface area (TPSA) is 81.6 Å². The van der Waals surface area contributed by atoms with Crippen molar-refractivity contribution in [3.63, 3.8) is 0 Å². The molecule has 2 aliphatic rings. The van der Waals surface area contributed by atoms with Crippen LogP contribution >= 0.6 is 0 Å². The smallest absolute Gasteiger partial charge is 0.393 e. The van der Waals surface area contributed by atoms with Gasteiger partial charge < -0.3 is 20.2 Å². The van der Waals surface area contributed by atoms with E-state index in [4.69, 9.17) is 0 Å². The van der Waals surface area contributed by atoms with Crippen LogP contribution in [0.1, 0.15) is 52.9 Å². The van der Waals surface area contributed by atoms with Gasteiger partial charge in [-0.25, -0.2) is 14.4 Å². The maximum Gasteiger partial charge on any atom is 0.416 e. The monoisotopic (exact) mass is 495 g/mol. The molecule has 2 aromatic rings. The summed E-state index contributed by atoms with van der Waals surface area (Å²) < 4.78 is 52.6. The number of benzene rings is 1. The maximum atomic E-state index is 13.7. The lowest BCUT2D eigenvalue weighted by atomic mass is 9.98. The molecule has 4 rings (SSSR count). The van der Waals surface area contributed by atoms with Crippen LogP contribution in [-0.4, -0.2) is 69.1 Å². The highest BCUT2D eigenvalue weighted by Gasteiger charge is 2.32. The van der Waals surface area contributed by atoms with E-state index in [2.05, 4.69) is 20.2 Å². The molecular weight excluding hydrogens is 466 g/mol. The molecule has 11 heteroatoms. The summed E-state index contributed by atoms with van der Waals surface area (Å²) in [5, 5.41) is 12.6. The fraction of sp³-hybridized carbons (Fsp3) is 0.542. The van der Waals surface area contributed by atoms with E-state index in [9.17, 15) is 27.5 Å². The molecule has 0 aliphatic carbocycles. The third-order valence-electron chi connectivity index (χ3n) is 6.80. The van der Waals surface area contributed by atoms with Crippen LogP contribution in [0.3, 0.4) is 0 Å². The van der Waals surface area contributed by atoms with E-state index in [1.165, 1.54) is 6.33 Å². The average molecular weight is 496 g/mol. The van der Waals surface area contributed by atoms with E-state index in [0.29, 0.717) is 36.6 Å². The number of nitrogens with one attached hydrogen (secondary N) is 1. The van der Waals surface area contributed by atoms with Crippen molar-refractivity contribution in [3.8, 4) is 0 Å². The van der Waals surface area contributed by atoms with Crippen LogP contribution in [0, 0.1) is 12.7 Å². The lowest BCUT2D eigenvalue weighted by molar-refractivity contribution is -0.137. The summed E-state index contributed by atoms with van der Waals surface area (Å²) >= 11 is 0. The van der Waals surface area contributed by atoms with Crippen LogP contribution in [0.15, 0.2) is 24.5 Å². The molecular formula is C24H29F4N5O2. The van der Waals surface area contributed by atoms with Gasteiger partial charge in [0.2, 0.25) is 0 Å². The third kappa shape index (κ3) is 6.07. The van der Waals surface area contributed by atoms with E-state index in [-0.39, 0.29) is 29.8 Å². The van der Waals surface area contributed by atoms with E-state index in [1.54, 1.807) is 11.8 Å². The van der Waals surface area contributed by atoms with Crippen LogP contribution in [0.4, 0.5) is 23.4 Å². The van der Waals surface area contributed by atoms with Gasteiger partial charge in [0.15, 0.2) is 0 Å². The van der Waals surface area contributed by atoms with Crippen molar-refractivity contribution in [2.24, 2.45) is 0 Å². The van der Waals surface area contributed by atoms with Crippen LogP contribution in [-0.2, 0) is 12.7 Å². The Bertz CT molecular complexity index is 1050. The molecule has 0 unspecified atom stereocenters. The highest BCUT2D eigenvalue weighted by molar-refractivity contribution is 5.94. The normalized spacial score (nSPS) is 18.6. The standard InChI is InChI=1S/C24H29F4N5O2/c1-15-21(23(35)33-6-2-19(3-7-33)32-8-4-20(34)5-9-32)30-14-31-22(15)29-13-16-10-17(24(26,27)28)12-18(25)11-16/h10-12,14,19-20,34H,2-9,13H2,1H3,(H,29,30,31). The van der Waals surface area contributed by atoms with Crippen molar-refractivity contribution < 1.29 is 27.5 Å². The zero-order valence-corrected chi connectivity index (χ0v) is 19.5. The average Bonchev–Trinajstić information content (AvgIpc) is 2.83. The van der Waals surface area contributed by atoms with Gasteiger partial charge in [0.05, 0.1) is 11.7 Å². The summed E-state index contributed by atoms with van der Waals surface area (Å²) in [5.74, 6) is -0.885. The van der Waals surface area contributed by atoms with E-state index in [0.717, 1.165) is 50.9 Å². The van der Waals surface area contributed by atoms with E-state index < -0.39 is 17.6 Å². The highest BCUT2D eigenvalue weighted by Crippen LogP contribution is 2.31. The lowest BCUT2D eigenvalue weighted by Gasteiger charge is -2.41. The second-order valence-electron chi connectivity index (χ2n) is 9.19. The van der Waals surface area contributed by atoms with Gasteiger partial charge in [0.25, 0.3) is 5.91 Å². The second-order valence-corrected chi connectivity index (χ2v) is 9.19. The van der Waals surface area contributed by atoms with Crippen molar-refractivity contribution in [2.75, 3.05) is 31.5 Å². The van der Waals surface area contributed by atoms with Crippen molar-refractivity contribution in [3.05, 3.63) is 52.7 Å². The zero-order valence-electron chi connectivity index (χ0n) is 19.5. The van der Waals surface area contributed by atoms with Crippen LogP contribution in [0.5, 0.6) is 0 Å². The molecule has 0 radical (unpaired) electrons. The van der Waals surface area contributed by atoms with Gasteiger partial charge in [-0.3, -0.25) is 4.79 Å². The molecule has 2 saturated heterocycles. The zero-order chi connectivity index (χ0) is 25.2. The number of rotatable bonds is 5. The van der Waals surface area contributed by atoms with Gasteiger partial charge in [-0.05, 0) is 56.4 Å². The Hall–Kier alpha value is -2.79. The lowest BCUT2D eigenvalue weighted by Crippen LogP contribution is -2.49. The first-order valence-electron chi connectivity index (χ1n) is 11.8. The minimum atomic E-state index is -4.65. The quantitative estimate of drug-likeness (QED) is 0.617. The Morgan fingerprint density at radius 3 is 2.43 bits per heavy atom. The van der Waals surface area contributed by atoms with Crippen molar-refractivity contribution in [2.45, 2.75) is 57.5 Å². The summed E-state index contributed by atoms with van der Waals surface area (Å²) in [6.45, 7) is 4.51. The summed E-state index contributed by atoms with van der Waals surface area (Å²) in [6, 6.07) is 2.75.